The van der Waals surface area contributed by atoms with Crippen LogP contribution < -0.4 is 10.9 Å². The third-order valence-electron chi connectivity index (χ3n) is 4.13. The fraction of sp³-hybridized carbons (Fsp3) is 0.222. The van der Waals surface area contributed by atoms with Crippen molar-refractivity contribution in [3.05, 3.63) is 64.3 Å². The van der Waals surface area contributed by atoms with Crippen LogP contribution in [0.2, 0.25) is 0 Å². The molecule has 2 heterocycles. The molecule has 1 aromatic carbocycles. The smallest absolute Gasteiger partial charge is 0.259 e. The monoisotopic (exact) mass is 372 g/mol. The number of pyridine rings is 1. The predicted octanol–water partition coefficient (Wildman–Crippen LogP) is 2.69. The fourth-order valence-electron chi connectivity index (χ4n) is 2.58. The SMILES string of the molecule is O=C(Cn1cc(-c2nc(C3CC3)no2)ccc1=O)Nc1cc(F)ccc1F. The summed E-state index contributed by atoms with van der Waals surface area (Å²) in [7, 11) is 0. The van der Waals surface area contributed by atoms with Crippen molar-refractivity contribution < 1.29 is 18.1 Å². The molecule has 9 heteroatoms. The Labute approximate surface area is 151 Å². The molecule has 0 atom stereocenters. The molecule has 3 aromatic rings. The van der Waals surface area contributed by atoms with Crippen LogP contribution in [0.3, 0.4) is 0 Å². The van der Waals surface area contributed by atoms with Gasteiger partial charge in [-0.3, -0.25) is 9.59 Å². The molecule has 27 heavy (non-hydrogen) atoms. The lowest BCUT2D eigenvalue weighted by molar-refractivity contribution is -0.116. The Balaban J connectivity index is 1.53. The van der Waals surface area contributed by atoms with Crippen LogP contribution in [0.5, 0.6) is 0 Å². The summed E-state index contributed by atoms with van der Waals surface area (Å²) in [6, 6.07) is 5.51. The van der Waals surface area contributed by atoms with Crippen molar-refractivity contribution in [2.45, 2.75) is 25.3 Å². The van der Waals surface area contributed by atoms with Gasteiger partial charge in [0.15, 0.2) is 5.82 Å². The number of aromatic nitrogens is 3. The van der Waals surface area contributed by atoms with Gasteiger partial charge < -0.3 is 14.4 Å². The highest BCUT2D eigenvalue weighted by Gasteiger charge is 2.29. The molecule has 2 aromatic heterocycles. The zero-order chi connectivity index (χ0) is 19.0. The molecule has 0 aliphatic heterocycles. The van der Waals surface area contributed by atoms with Gasteiger partial charge in [-0.25, -0.2) is 8.78 Å². The molecule has 0 radical (unpaired) electrons. The summed E-state index contributed by atoms with van der Waals surface area (Å²) in [4.78, 5) is 28.4. The number of nitrogens with zero attached hydrogens (tertiary/aromatic N) is 3. The molecule has 0 unspecified atom stereocenters. The maximum atomic E-state index is 13.6. The molecular formula is C18H14F2N4O3. The van der Waals surface area contributed by atoms with Crippen molar-refractivity contribution in [3.8, 4) is 11.5 Å². The minimum Gasteiger partial charge on any atom is -0.334 e. The number of carbonyl (C=O) groups is 1. The number of benzene rings is 1. The molecule has 0 saturated heterocycles. The van der Waals surface area contributed by atoms with Gasteiger partial charge in [-0.05, 0) is 31.0 Å². The topological polar surface area (TPSA) is 90.0 Å². The predicted molar refractivity (Wildman–Crippen MR) is 91.0 cm³/mol. The number of amides is 1. The van der Waals surface area contributed by atoms with Gasteiger partial charge in [0.1, 0.15) is 18.2 Å². The molecule has 7 nitrogen and oxygen atoms in total. The highest BCUT2D eigenvalue weighted by atomic mass is 19.1. The second-order valence-corrected chi connectivity index (χ2v) is 6.29. The molecule has 1 N–H and O–H groups in total. The maximum absolute atomic E-state index is 13.6. The Hall–Kier alpha value is -3.36. The van der Waals surface area contributed by atoms with E-state index < -0.39 is 23.1 Å². The molecule has 1 saturated carbocycles. The Morgan fingerprint density at radius 2 is 2.07 bits per heavy atom. The van der Waals surface area contributed by atoms with Crippen LogP contribution in [0, 0.1) is 11.6 Å². The number of anilines is 1. The van der Waals surface area contributed by atoms with E-state index in [0.717, 1.165) is 35.6 Å². The van der Waals surface area contributed by atoms with Crippen LogP contribution in [0.25, 0.3) is 11.5 Å². The first-order valence-electron chi connectivity index (χ1n) is 8.29. The lowest BCUT2D eigenvalue weighted by atomic mass is 10.2. The molecule has 4 rings (SSSR count). The molecule has 138 valence electrons. The summed E-state index contributed by atoms with van der Waals surface area (Å²) < 4.78 is 33.2. The number of hydrogen-bond donors (Lipinski definition) is 1. The molecular weight excluding hydrogens is 358 g/mol. The van der Waals surface area contributed by atoms with Crippen LogP contribution in [-0.4, -0.2) is 20.6 Å². The van der Waals surface area contributed by atoms with Gasteiger partial charge in [-0.15, -0.1) is 0 Å². The molecule has 0 bridgehead atoms. The minimum absolute atomic E-state index is 0.252. The van der Waals surface area contributed by atoms with Crippen molar-refractivity contribution in [1.29, 1.82) is 0 Å². The largest absolute Gasteiger partial charge is 0.334 e. The summed E-state index contributed by atoms with van der Waals surface area (Å²) in [6.07, 6.45) is 3.46. The Morgan fingerprint density at radius 3 is 2.85 bits per heavy atom. The van der Waals surface area contributed by atoms with Crippen LogP contribution in [0.1, 0.15) is 24.6 Å². The zero-order valence-corrected chi connectivity index (χ0v) is 14.0. The second-order valence-electron chi connectivity index (χ2n) is 6.29. The van der Waals surface area contributed by atoms with E-state index in [2.05, 4.69) is 15.5 Å². The quantitative estimate of drug-likeness (QED) is 0.744. The number of rotatable bonds is 5. The fourth-order valence-corrected chi connectivity index (χ4v) is 2.58. The van der Waals surface area contributed by atoms with Gasteiger partial charge >= 0.3 is 0 Å². The van der Waals surface area contributed by atoms with E-state index in [9.17, 15) is 18.4 Å². The minimum atomic E-state index is -0.774. The van der Waals surface area contributed by atoms with Gasteiger partial charge in [-0.1, -0.05) is 5.16 Å². The summed E-state index contributed by atoms with van der Waals surface area (Å²) in [5.41, 5.74) is -0.246. The van der Waals surface area contributed by atoms with E-state index in [1.807, 2.05) is 0 Å². The zero-order valence-electron chi connectivity index (χ0n) is 14.0. The van der Waals surface area contributed by atoms with Crippen molar-refractivity contribution in [3.63, 3.8) is 0 Å². The Kier molecular flexibility index (Phi) is 4.27. The van der Waals surface area contributed by atoms with E-state index in [0.29, 0.717) is 17.3 Å². The number of halogens is 2. The normalized spacial score (nSPS) is 13.6. The third-order valence-corrected chi connectivity index (χ3v) is 4.13. The average Bonchev–Trinajstić information content (AvgIpc) is 3.37. The molecule has 1 aliphatic rings. The summed E-state index contributed by atoms with van der Waals surface area (Å²) >= 11 is 0. The maximum Gasteiger partial charge on any atom is 0.259 e. The molecule has 0 spiro atoms. The number of carbonyl (C=O) groups excluding carboxylic acids is 1. The molecule has 1 aliphatic carbocycles. The first kappa shape index (κ1) is 17.1. The van der Waals surface area contributed by atoms with Crippen molar-refractivity contribution in [1.82, 2.24) is 14.7 Å². The van der Waals surface area contributed by atoms with Crippen molar-refractivity contribution >= 4 is 11.6 Å². The first-order valence-corrected chi connectivity index (χ1v) is 8.29. The molecule has 1 amide bonds. The van der Waals surface area contributed by atoms with Gasteiger partial charge in [0, 0.05) is 24.2 Å². The highest BCUT2D eigenvalue weighted by molar-refractivity contribution is 5.90. The van der Waals surface area contributed by atoms with E-state index in [4.69, 9.17) is 4.52 Å². The van der Waals surface area contributed by atoms with Gasteiger partial charge in [0.2, 0.25) is 5.91 Å². The van der Waals surface area contributed by atoms with Gasteiger partial charge in [0.05, 0.1) is 11.3 Å². The second kappa shape index (κ2) is 6.75. The summed E-state index contributed by atoms with van der Waals surface area (Å²) in [5, 5.41) is 6.16. The average molecular weight is 372 g/mol. The first-order chi connectivity index (χ1) is 13.0. The van der Waals surface area contributed by atoms with Gasteiger partial charge in [-0.2, -0.15) is 4.98 Å². The van der Waals surface area contributed by atoms with E-state index in [1.165, 1.54) is 18.3 Å². The van der Waals surface area contributed by atoms with Crippen molar-refractivity contribution in [2.75, 3.05) is 5.32 Å². The number of hydrogen-bond acceptors (Lipinski definition) is 5. The lowest BCUT2D eigenvalue weighted by Crippen LogP contribution is -2.27. The number of nitrogens with one attached hydrogen (secondary N) is 1. The standard InChI is InChI=1S/C18H14F2N4O3/c19-12-4-5-13(20)14(7-12)21-15(25)9-24-8-11(3-6-16(24)26)18-22-17(23-27-18)10-1-2-10/h3-8,10H,1-2,9H2,(H,21,25). The Morgan fingerprint density at radius 1 is 1.26 bits per heavy atom. The van der Waals surface area contributed by atoms with Crippen LogP contribution >= 0.6 is 0 Å². The lowest BCUT2D eigenvalue weighted by Gasteiger charge is -2.09. The summed E-state index contributed by atoms with van der Waals surface area (Å²) in [6.45, 7) is -0.383. The van der Waals surface area contributed by atoms with Crippen LogP contribution in [-0.2, 0) is 11.3 Å². The van der Waals surface area contributed by atoms with Crippen LogP contribution in [0.15, 0.2) is 45.8 Å². The van der Waals surface area contributed by atoms with Gasteiger partial charge in [0.25, 0.3) is 11.4 Å². The van der Waals surface area contributed by atoms with E-state index in [1.54, 1.807) is 0 Å². The van der Waals surface area contributed by atoms with Crippen molar-refractivity contribution in [2.24, 2.45) is 0 Å². The van der Waals surface area contributed by atoms with E-state index in [-0.39, 0.29) is 18.1 Å². The van der Waals surface area contributed by atoms with E-state index >= 15 is 0 Å². The Bertz CT molecular complexity index is 1070. The van der Waals surface area contributed by atoms with Crippen LogP contribution in [0.4, 0.5) is 14.5 Å². The third kappa shape index (κ3) is 3.76. The molecule has 1 fully saturated rings. The summed E-state index contributed by atoms with van der Waals surface area (Å²) in [5.74, 6) is -0.939. The highest BCUT2D eigenvalue weighted by Crippen LogP contribution is 2.38.